The van der Waals surface area contributed by atoms with Gasteiger partial charge in [-0.15, -0.1) is 0 Å². The highest BCUT2D eigenvalue weighted by Crippen LogP contribution is 2.65. The quantitative estimate of drug-likeness (QED) is 0.787. The molecule has 27 heavy (non-hydrogen) atoms. The summed E-state index contributed by atoms with van der Waals surface area (Å²) in [5.74, 6) is 1.18. The lowest BCUT2D eigenvalue weighted by molar-refractivity contribution is -0.122. The maximum Gasteiger partial charge on any atom is 0.230 e. The average molecular weight is 406 g/mol. The second-order valence-corrected chi connectivity index (χ2v) is 8.06. The highest BCUT2D eigenvalue weighted by molar-refractivity contribution is 6.41. The topological polar surface area (TPSA) is 73.3 Å². The number of hydrogen-bond acceptors (Lipinski definition) is 5. The Morgan fingerprint density at radius 3 is 2.85 bits per heavy atom. The van der Waals surface area contributed by atoms with E-state index in [1.54, 1.807) is 19.4 Å². The number of nitrogens with one attached hydrogen (secondary N) is 1. The van der Waals surface area contributed by atoms with Gasteiger partial charge in [0.1, 0.15) is 5.15 Å². The Balaban J connectivity index is 1.45. The number of fused-ring (bicyclic) bond motifs is 5. The third-order valence-corrected chi connectivity index (χ3v) is 6.55. The van der Waals surface area contributed by atoms with E-state index in [2.05, 4.69) is 15.3 Å². The van der Waals surface area contributed by atoms with Crippen LogP contribution in [0.4, 0.5) is 5.69 Å². The highest BCUT2D eigenvalue weighted by Gasteiger charge is 2.68. The Morgan fingerprint density at radius 1 is 1.26 bits per heavy atom. The summed E-state index contributed by atoms with van der Waals surface area (Å²) in [6, 6.07) is 5.44. The van der Waals surface area contributed by atoms with E-state index in [1.165, 1.54) is 6.20 Å². The lowest BCUT2D eigenvalue weighted by atomic mass is 9.75. The molecule has 3 aliphatic rings. The molecule has 0 spiro atoms. The van der Waals surface area contributed by atoms with Crippen LogP contribution in [0.25, 0.3) is 0 Å². The monoisotopic (exact) mass is 405 g/mol. The van der Waals surface area contributed by atoms with Crippen molar-refractivity contribution in [1.82, 2.24) is 9.97 Å². The van der Waals surface area contributed by atoms with Crippen molar-refractivity contribution < 1.29 is 14.3 Å². The summed E-state index contributed by atoms with van der Waals surface area (Å²) in [4.78, 5) is 21.3. The Labute approximate surface area is 166 Å². The van der Waals surface area contributed by atoms with Gasteiger partial charge in [-0.05, 0) is 36.0 Å². The van der Waals surface area contributed by atoms with E-state index in [-0.39, 0.29) is 35.1 Å². The number of halogens is 2. The average Bonchev–Trinajstić information content (AvgIpc) is 3.29. The summed E-state index contributed by atoms with van der Waals surface area (Å²) < 4.78 is 11.5. The van der Waals surface area contributed by atoms with Crippen molar-refractivity contribution >= 4 is 34.8 Å². The number of carbonyl (C=O) groups is 1. The van der Waals surface area contributed by atoms with Crippen LogP contribution in [0.3, 0.4) is 0 Å². The molecule has 1 aliphatic carbocycles. The van der Waals surface area contributed by atoms with Crippen molar-refractivity contribution in [1.29, 1.82) is 0 Å². The predicted octanol–water partition coefficient (Wildman–Crippen LogP) is 3.55. The number of hydrogen-bond donors (Lipinski definition) is 1. The zero-order chi connectivity index (χ0) is 18.7. The van der Waals surface area contributed by atoms with Crippen molar-refractivity contribution in [3.8, 4) is 5.88 Å². The van der Waals surface area contributed by atoms with Gasteiger partial charge in [-0.2, -0.15) is 0 Å². The van der Waals surface area contributed by atoms with Gasteiger partial charge in [0.15, 0.2) is 0 Å². The molecule has 2 bridgehead atoms. The van der Waals surface area contributed by atoms with Gasteiger partial charge in [0.25, 0.3) is 0 Å². The third-order valence-electron chi connectivity index (χ3n) is 5.86. The molecule has 0 aromatic carbocycles. The van der Waals surface area contributed by atoms with E-state index >= 15 is 0 Å². The van der Waals surface area contributed by atoms with E-state index < -0.39 is 0 Å². The van der Waals surface area contributed by atoms with Gasteiger partial charge in [0.05, 0.1) is 42.1 Å². The summed E-state index contributed by atoms with van der Waals surface area (Å²) in [5.41, 5.74) is 1.54. The fraction of sp³-hybridized carbons (Fsp3) is 0.421. The Hall–Kier alpha value is -1.89. The van der Waals surface area contributed by atoms with Crippen LogP contribution in [0.1, 0.15) is 17.9 Å². The Bertz CT molecular complexity index is 925. The van der Waals surface area contributed by atoms with Gasteiger partial charge < -0.3 is 14.8 Å². The number of anilines is 1. The standard InChI is InChI=1S/C19H17Cl2N3O3/c1-26-13-4-8(2-3-22-13)14-15(17-11-6-10(11)16(14)27-17)19(25)24-9-5-12(20)18(21)23-7-9/h2-5,7,10-11,14-17H,6H2,1H3,(H,24,25)/t10-,11+,14+,15+,16-,17+/m0/s1. The van der Waals surface area contributed by atoms with E-state index in [0.717, 1.165) is 12.0 Å². The molecule has 140 valence electrons. The van der Waals surface area contributed by atoms with E-state index in [0.29, 0.717) is 28.4 Å². The van der Waals surface area contributed by atoms with Crippen molar-refractivity contribution in [2.24, 2.45) is 17.8 Å². The van der Waals surface area contributed by atoms with Crippen molar-refractivity contribution in [3.05, 3.63) is 46.3 Å². The minimum Gasteiger partial charge on any atom is -0.481 e. The first-order chi connectivity index (χ1) is 13.1. The van der Waals surface area contributed by atoms with Crippen molar-refractivity contribution in [2.45, 2.75) is 24.5 Å². The van der Waals surface area contributed by atoms with Gasteiger partial charge in [0.2, 0.25) is 11.8 Å². The number of carbonyl (C=O) groups excluding carboxylic acids is 1. The maximum atomic E-state index is 13.2. The van der Waals surface area contributed by atoms with Crippen LogP contribution in [0.15, 0.2) is 30.6 Å². The highest BCUT2D eigenvalue weighted by atomic mass is 35.5. The summed E-state index contributed by atoms with van der Waals surface area (Å²) in [5, 5.41) is 3.44. The first-order valence-corrected chi connectivity index (χ1v) is 9.59. The van der Waals surface area contributed by atoms with Crippen LogP contribution in [0.2, 0.25) is 10.2 Å². The van der Waals surface area contributed by atoms with Crippen LogP contribution >= 0.6 is 23.2 Å². The molecular weight excluding hydrogens is 389 g/mol. The first kappa shape index (κ1) is 17.2. The largest absolute Gasteiger partial charge is 0.481 e. The lowest BCUT2D eigenvalue weighted by Gasteiger charge is -2.27. The minimum absolute atomic E-state index is 0.0219. The van der Waals surface area contributed by atoms with E-state index in [9.17, 15) is 4.79 Å². The molecule has 2 saturated heterocycles. The van der Waals surface area contributed by atoms with Crippen LogP contribution in [-0.4, -0.2) is 35.2 Å². The normalized spacial score (nSPS) is 32.9. The summed E-state index contributed by atoms with van der Waals surface area (Å²) in [7, 11) is 1.59. The summed E-state index contributed by atoms with van der Waals surface area (Å²) in [6.07, 6.45) is 4.36. The number of ether oxygens (including phenoxy) is 2. The third kappa shape index (κ3) is 2.78. The lowest BCUT2D eigenvalue weighted by Crippen LogP contribution is -2.37. The first-order valence-electron chi connectivity index (χ1n) is 8.84. The number of rotatable bonds is 4. The fourth-order valence-electron chi connectivity index (χ4n) is 4.65. The number of nitrogens with zero attached hydrogens (tertiary/aromatic N) is 2. The molecule has 1 saturated carbocycles. The Kier molecular flexibility index (Phi) is 4.04. The van der Waals surface area contributed by atoms with Gasteiger partial charge in [-0.1, -0.05) is 23.2 Å². The molecule has 5 rings (SSSR count). The van der Waals surface area contributed by atoms with Gasteiger partial charge in [-0.25, -0.2) is 9.97 Å². The van der Waals surface area contributed by atoms with Crippen molar-refractivity contribution in [3.63, 3.8) is 0 Å². The van der Waals surface area contributed by atoms with E-state index in [4.69, 9.17) is 32.7 Å². The Morgan fingerprint density at radius 2 is 2.07 bits per heavy atom. The summed E-state index contributed by atoms with van der Waals surface area (Å²) in [6.45, 7) is 0. The summed E-state index contributed by atoms with van der Waals surface area (Å²) >= 11 is 11.9. The van der Waals surface area contributed by atoms with Gasteiger partial charge >= 0.3 is 0 Å². The molecule has 0 unspecified atom stereocenters. The van der Waals surface area contributed by atoms with E-state index in [1.807, 2.05) is 12.1 Å². The van der Waals surface area contributed by atoms with Crippen molar-refractivity contribution in [2.75, 3.05) is 12.4 Å². The van der Waals surface area contributed by atoms with Gasteiger partial charge in [-0.3, -0.25) is 4.79 Å². The number of methoxy groups -OCH3 is 1. The maximum absolute atomic E-state index is 13.2. The van der Waals surface area contributed by atoms with Gasteiger partial charge in [0, 0.05) is 18.2 Å². The molecule has 6 nitrogen and oxygen atoms in total. The molecule has 3 fully saturated rings. The number of pyridine rings is 2. The molecular formula is C19H17Cl2N3O3. The molecule has 2 aromatic rings. The SMILES string of the molecule is COc1cc([C@H]2[C@H]3O[C@H]([C@@H]4C[C@@H]43)[C@@H]2C(=O)Nc2cnc(Cl)c(Cl)c2)ccn1. The molecule has 0 radical (unpaired) electrons. The molecule has 2 aliphatic heterocycles. The second-order valence-electron chi connectivity index (χ2n) is 7.30. The molecule has 2 aromatic heterocycles. The minimum atomic E-state index is -0.277. The zero-order valence-corrected chi connectivity index (χ0v) is 15.9. The number of amides is 1. The predicted molar refractivity (Wildman–Crippen MR) is 100 cm³/mol. The molecule has 4 heterocycles. The van der Waals surface area contributed by atoms with Crippen LogP contribution < -0.4 is 10.1 Å². The number of aromatic nitrogens is 2. The molecule has 8 heteroatoms. The fourth-order valence-corrected chi connectivity index (χ4v) is 4.92. The van der Waals surface area contributed by atoms with Crippen LogP contribution in [0, 0.1) is 17.8 Å². The molecule has 1 amide bonds. The second kappa shape index (κ2) is 6.33. The molecule has 1 N–H and O–H groups in total. The van der Waals surface area contributed by atoms with Crippen LogP contribution in [-0.2, 0) is 9.53 Å². The smallest absolute Gasteiger partial charge is 0.230 e. The molecule has 6 atom stereocenters. The van der Waals surface area contributed by atoms with Crippen LogP contribution in [0.5, 0.6) is 5.88 Å². The zero-order valence-electron chi connectivity index (χ0n) is 14.4.